The first-order chi connectivity index (χ1) is 10.2. The molecule has 1 amide bonds. The van der Waals surface area contributed by atoms with Gasteiger partial charge in [-0.25, -0.2) is 9.67 Å². The van der Waals surface area contributed by atoms with E-state index in [1.54, 1.807) is 23.0 Å². The summed E-state index contributed by atoms with van der Waals surface area (Å²) in [4.78, 5) is 17.6. The number of carbonyl (C=O) groups excluding carboxylic acids is 1. The highest BCUT2D eigenvalue weighted by atomic mass is 32.2. The van der Waals surface area contributed by atoms with Gasteiger partial charge in [-0.15, -0.1) is 5.10 Å². The van der Waals surface area contributed by atoms with E-state index in [1.165, 1.54) is 11.8 Å². The normalized spacial score (nSPS) is 10.1. The molecule has 0 spiro atoms. The Hall–Kier alpha value is -2.33. The van der Waals surface area contributed by atoms with Crippen LogP contribution in [0.4, 0.5) is 0 Å². The van der Waals surface area contributed by atoms with Crippen LogP contribution in [0.25, 0.3) is 5.69 Å². The van der Waals surface area contributed by atoms with Crippen LogP contribution >= 0.6 is 11.8 Å². The third kappa shape index (κ3) is 4.33. The van der Waals surface area contributed by atoms with E-state index < -0.39 is 0 Å². The summed E-state index contributed by atoms with van der Waals surface area (Å²) in [6.45, 7) is 0.446. The van der Waals surface area contributed by atoms with Crippen molar-refractivity contribution in [3.05, 3.63) is 36.7 Å². The Bertz CT molecular complexity index is 634. The molecular weight excluding hydrogens is 286 g/mol. The first-order valence-corrected chi connectivity index (χ1v) is 7.40. The van der Waals surface area contributed by atoms with E-state index in [4.69, 9.17) is 5.26 Å². The zero-order valence-electron chi connectivity index (χ0n) is 11.6. The molecular formula is C14H15N5OS. The zero-order valence-corrected chi connectivity index (χ0v) is 12.5. The molecule has 2 rings (SSSR count). The minimum absolute atomic E-state index is 0.0358. The largest absolute Gasteiger partial charge is 0.344 e. The van der Waals surface area contributed by atoms with Gasteiger partial charge in [-0.3, -0.25) is 4.79 Å². The average molecular weight is 301 g/mol. The van der Waals surface area contributed by atoms with Crippen molar-refractivity contribution in [3.63, 3.8) is 0 Å². The lowest BCUT2D eigenvalue weighted by Crippen LogP contribution is -2.29. The Morgan fingerprint density at radius 3 is 2.90 bits per heavy atom. The molecule has 21 heavy (non-hydrogen) atoms. The topological polar surface area (TPSA) is 74.8 Å². The van der Waals surface area contributed by atoms with Crippen molar-refractivity contribution in [2.45, 2.75) is 11.6 Å². The van der Waals surface area contributed by atoms with Crippen LogP contribution in [0.2, 0.25) is 0 Å². The lowest BCUT2D eigenvalue weighted by molar-refractivity contribution is -0.127. The highest BCUT2D eigenvalue weighted by molar-refractivity contribution is 7.99. The van der Waals surface area contributed by atoms with Crippen LogP contribution in [0.5, 0.6) is 0 Å². The Kier molecular flexibility index (Phi) is 5.35. The summed E-state index contributed by atoms with van der Waals surface area (Å²) >= 11 is 1.29. The molecule has 0 fully saturated rings. The third-order valence-electron chi connectivity index (χ3n) is 2.80. The smallest absolute Gasteiger partial charge is 0.232 e. The van der Waals surface area contributed by atoms with Crippen molar-refractivity contribution >= 4 is 17.7 Å². The van der Waals surface area contributed by atoms with Crippen molar-refractivity contribution in [2.24, 2.45) is 0 Å². The standard InChI is InChI=1S/C14H15N5OS/c1-18(9-5-8-15)13(20)10-21-14-16-11-19(17-14)12-6-3-2-4-7-12/h2-4,6-7,11H,5,9-10H2,1H3. The number of para-hydroxylation sites is 1. The van der Waals surface area contributed by atoms with Gasteiger partial charge in [-0.05, 0) is 12.1 Å². The molecule has 0 aliphatic rings. The fourth-order valence-electron chi connectivity index (χ4n) is 1.60. The van der Waals surface area contributed by atoms with E-state index in [-0.39, 0.29) is 11.7 Å². The second-order valence-electron chi connectivity index (χ2n) is 4.32. The average Bonchev–Trinajstić information content (AvgIpc) is 3.00. The van der Waals surface area contributed by atoms with Crippen molar-refractivity contribution < 1.29 is 4.79 Å². The molecule has 1 aromatic heterocycles. The number of carbonyl (C=O) groups is 1. The Morgan fingerprint density at radius 1 is 1.43 bits per heavy atom. The third-order valence-corrected chi connectivity index (χ3v) is 3.64. The first kappa shape index (κ1) is 15.1. The molecule has 0 atom stereocenters. The lowest BCUT2D eigenvalue weighted by atomic mass is 10.3. The highest BCUT2D eigenvalue weighted by Gasteiger charge is 2.11. The molecule has 7 heteroatoms. The van der Waals surface area contributed by atoms with Crippen LogP contribution in [0.1, 0.15) is 6.42 Å². The van der Waals surface area contributed by atoms with Gasteiger partial charge in [0.2, 0.25) is 11.1 Å². The summed E-state index contributed by atoms with van der Waals surface area (Å²) in [6, 6.07) is 11.7. The van der Waals surface area contributed by atoms with Crippen LogP contribution in [0, 0.1) is 11.3 Å². The van der Waals surface area contributed by atoms with Crippen molar-refractivity contribution in [3.8, 4) is 11.8 Å². The number of hydrogen-bond acceptors (Lipinski definition) is 5. The summed E-state index contributed by atoms with van der Waals surface area (Å²) < 4.78 is 1.67. The molecule has 0 saturated heterocycles. The number of thioether (sulfide) groups is 1. The molecule has 0 bridgehead atoms. The number of aromatic nitrogens is 3. The molecule has 1 aromatic carbocycles. The second kappa shape index (κ2) is 7.45. The predicted molar refractivity (Wildman–Crippen MR) is 80.0 cm³/mol. The van der Waals surface area contributed by atoms with E-state index in [1.807, 2.05) is 36.4 Å². The molecule has 0 N–H and O–H groups in total. The monoisotopic (exact) mass is 301 g/mol. The Balaban J connectivity index is 1.89. The number of amides is 1. The molecule has 1 heterocycles. The molecule has 0 radical (unpaired) electrons. The summed E-state index contributed by atoms with van der Waals surface area (Å²) in [5, 5.41) is 13.4. The number of nitriles is 1. The van der Waals surface area contributed by atoms with E-state index in [0.29, 0.717) is 18.1 Å². The predicted octanol–water partition coefficient (Wildman–Crippen LogP) is 1.73. The summed E-state index contributed by atoms with van der Waals surface area (Å²) in [5.74, 6) is 0.229. The van der Waals surface area contributed by atoms with Gasteiger partial charge in [-0.2, -0.15) is 5.26 Å². The maximum atomic E-state index is 11.8. The van der Waals surface area contributed by atoms with E-state index in [9.17, 15) is 4.79 Å². The fraction of sp³-hybridized carbons (Fsp3) is 0.286. The Labute approximate surface area is 127 Å². The molecule has 6 nitrogen and oxygen atoms in total. The van der Waals surface area contributed by atoms with Gasteiger partial charge in [0.25, 0.3) is 0 Å². The summed E-state index contributed by atoms with van der Waals surface area (Å²) in [7, 11) is 1.69. The first-order valence-electron chi connectivity index (χ1n) is 6.41. The van der Waals surface area contributed by atoms with Crippen molar-refractivity contribution in [1.29, 1.82) is 5.26 Å². The maximum Gasteiger partial charge on any atom is 0.232 e. The van der Waals surface area contributed by atoms with Gasteiger partial charge in [0.1, 0.15) is 6.33 Å². The van der Waals surface area contributed by atoms with Gasteiger partial charge < -0.3 is 4.90 Å². The van der Waals surface area contributed by atoms with Crippen LogP contribution in [0.3, 0.4) is 0 Å². The van der Waals surface area contributed by atoms with Gasteiger partial charge in [0.15, 0.2) is 0 Å². The number of nitrogens with zero attached hydrogens (tertiary/aromatic N) is 5. The van der Waals surface area contributed by atoms with Crippen molar-refractivity contribution in [1.82, 2.24) is 19.7 Å². The van der Waals surface area contributed by atoms with Gasteiger partial charge >= 0.3 is 0 Å². The van der Waals surface area contributed by atoms with E-state index in [0.717, 1.165) is 5.69 Å². The van der Waals surface area contributed by atoms with E-state index >= 15 is 0 Å². The molecule has 2 aromatic rings. The quantitative estimate of drug-likeness (QED) is 0.760. The van der Waals surface area contributed by atoms with Gasteiger partial charge in [0.05, 0.1) is 23.9 Å². The number of rotatable bonds is 6. The van der Waals surface area contributed by atoms with Gasteiger partial charge in [-0.1, -0.05) is 30.0 Å². The minimum atomic E-state index is -0.0358. The minimum Gasteiger partial charge on any atom is -0.344 e. The summed E-state index contributed by atoms with van der Waals surface area (Å²) in [6.07, 6.45) is 1.97. The van der Waals surface area contributed by atoms with Crippen LogP contribution in [-0.2, 0) is 4.79 Å². The molecule has 0 saturated carbocycles. The summed E-state index contributed by atoms with van der Waals surface area (Å²) in [5.41, 5.74) is 0.925. The molecule has 0 aliphatic heterocycles. The van der Waals surface area contributed by atoms with Crippen LogP contribution in [-0.4, -0.2) is 44.9 Å². The molecule has 0 aliphatic carbocycles. The second-order valence-corrected chi connectivity index (χ2v) is 5.26. The number of hydrogen-bond donors (Lipinski definition) is 0. The van der Waals surface area contributed by atoms with E-state index in [2.05, 4.69) is 10.1 Å². The molecule has 108 valence electrons. The molecule has 0 unspecified atom stereocenters. The SMILES string of the molecule is CN(CCC#N)C(=O)CSc1ncn(-c2ccccc2)n1. The lowest BCUT2D eigenvalue weighted by Gasteiger charge is -2.14. The maximum absolute atomic E-state index is 11.8. The number of benzene rings is 1. The fourth-order valence-corrected chi connectivity index (χ4v) is 2.34. The van der Waals surface area contributed by atoms with Crippen LogP contribution in [0.15, 0.2) is 41.8 Å². The van der Waals surface area contributed by atoms with Gasteiger partial charge in [0, 0.05) is 13.6 Å². The highest BCUT2D eigenvalue weighted by Crippen LogP contribution is 2.14. The Morgan fingerprint density at radius 2 is 2.19 bits per heavy atom. The van der Waals surface area contributed by atoms with Crippen molar-refractivity contribution in [2.75, 3.05) is 19.3 Å². The zero-order chi connectivity index (χ0) is 15.1. The van der Waals surface area contributed by atoms with Crippen LogP contribution < -0.4 is 0 Å².